The third kappa shape index (κ3) is 6.41. The molecule has 23 nitrogen and oxygen atoms in total. The SMILES string of the molecule is N.N.Nc1nc2c(ncn2[C@@H]2O[C@@H]3COP([O-])(=S)N[C@H]4[C@@H](O)[C@H](n5cnc6c(N)ncnc65)O[C@@H]4COP(=O)(S)N[C@H]3[C@H]2O)c(=O)[nH]1. The van der Waals surface area contributed by atoms with Crippen molar-refractivity contribution in [1.82, 2.24) is 61.5 Å². The number of fused-ring (bicyclic) bond motifs is 4. The van der Waals surface area contributed by atoms with Crippen LogP contribution < -0.4 is 44.4 Å². The monoisotopic (exact) mass is 737 g/mol. The maximum Gasteiger partial charge on any atom is 0.324 e. The molecule has 0 bridgehead atoms. The fourth-order valence-electron chi connectivity index (χ4n) is 5.53. The van der Waals surface area contributed by atoms with Crippen molar-refractivity contribution in [2.24, 2.45) is 0 Å². The summed E-state index contributed by atoms with van der Waals surface area (Å²) < 4.78 is 39.5. The van der Waals surface area contributed by atoms with E-state index in [1.807, 2.05) is 0 Å². The maximum absolute atomic E-state index is 13.5. The number of H-pyrrole nitrogens is 1. The van der Waals surface area contributed by atoms with Crippen molar-refractivity contribution in [3.63, 3.8) is 0 Å². The third-order valence-corrected chi connectivity index (χ3v) is 11.1. The van der Waals surface area contributed by atoms with Crippen LogP contribution in [0.2, 0.25) is 0 Å². The van der Waals surface area contributed by atoms with Crippen molar-refractivity contribution in [3.8, 4) is 0 Å². The van der Waals surface area contributed by atoms with Gasteiger partial charge in [-0.3, -0.25) is 28.6 Å². The lowest BCUT2D eigenvalue weighted by Gasteiger charge is -2.36. The summed E-state index contributed by atoms with van der Waals surface area (Å²) in [6, 6.07) is -2.35. The summed E-state index contributed by atoms with van der Waals surface area (Å²) in [6.07, 6.45) is -3.75. The van der Waals surface area contributed by atoms with E-state index in [2.05, 4.69) is 52.3 Å². The lowest BCUT2D eigenvalue weighted by molar-refractivity contribution is -0.190. The molecule has 0 radical (unpaired) electrons. The van der Waals surface area contributed by atoms with Gasteiger partial charge < -0.3 is 57.4 Å². The van der Waals surface area contributed by atoms with Crippen LogP contribution >= 0.6 is 25.6 Å². The van der Waals surface area contributed by atoms with Crippen LogP contribution in [-0.2, 0) is 34.9 Å². The first-order chi connectivity index (χ1) is 21.3. The van der Waals surface area contributed by atoms with E-state index in [0.717, 1.165) is 0 Å². The van der Waals surface area contributed by atoms with Crippen LogP contribution in [0.5, 0.6) is 0 Å². The zero-order valence-electron chi connectivity index (χ0n) is 24.0. The quantitative estimate of drug-likeness (QED) is 0.0753. The summed E-state index contributed by atoms with van der Waals surface area (Å²) in [5, 5.41) is 27.9. The van der Waals surface area contributed by atoms with Gasteiger partial charge in [0.15, 0.2) is 35.1 Å². The Hall–Kier alpha value is -2.71. The highest BCUT2D eigenvalue weighted by atomic mass is 32.7. The molecule has 27 heteroatoms. The Bertz CT molecular complexity index is 1950. The van der Waals surface area contributed by atoms with Gasteiger partial charge in [-0.15, -0.1) is 0 Å². The first-order valence-corrected chi connectivity index (χ1v) is 18.5. The highest BCUT2D eigenvalue weighted by Gasteiger charge is 2.50. The molecule has 0 amide bonds. The standard InChI is InChI=1S/C20H26N12O9P2S2.2H3N/c21-14-10-15(24-3-23-14)31(4-25-10)18-12(33)8-6(40-18)1-38-43(37,45)30-9-7(2-39-42(36,44)29-8)41-19(13(9)34)32-5-26-11-16(32)27-20(22)28-17(11)35;;/h3-9,12-13,18-19,33-34H,1-2H2,(H2,21,23,24)(H2,29,36,44)(H2,30,37,45)(H3,22,27,28,35);2*1H3/p-1/t6-,7-,8-,9-,12-,13-,18-,19-,42?,43?;;/m1../s1. The number of hydrogen-bond acceptors (Lipinski definition) is 19. The number of nitrogens with two attached hydrogens (primary N) is 2. The summed E-state index contributed by atoms with van der Waals surface area (Å²) >= 11 is 9.42. The fraction of sp³-hybridized carbons (Fsp3) is 0.500. The minimum absolute atomic E-state index is 0. The number of anilines is 2. The number of nitrogens with zero attached hydrogens (tertiary/aromatic N) is 7. The first-order valence-electron chi connectivity index (χ1n) is 13.1. The number of hydrogen-bond donors (Lipinski definition) is 10. The van der Waals surface area contributed by atoms with Crippen LogP contribution in [0.25, 0.3) is 22.3 Å². The Labute approximate surface area is 273 Å². The Morgan fingerprint density at radius 3 is 2.17 bits per heavy atom. The number of aliphatic hydroxyl groups excluding tert-OH is 2. The Morgan fingerprint density at radius 1 is 0.936 bits per heavy atom. The van der Waals surface area contributed by atoms with Gasteiger partial charge in [-0.05, 0) is 0 Å². The van der Waals surface area contributed by atoms with Crippen LogP contribution in [0.4, 0.5) is 11.8 Å². The Morgan fingerprint density at radius 2 is 1.51 bits per heavy atom. The van der Waals surface area contributed by atoms with Gasteiger partial charge in [0.05, 0.1) is 44.6 Å². The summed E-state index contributed by atoms with van der Waals surface area (Å²) in [6.45, 7) is -9.13. The molecule has 2 unspecified atom stereocenters. The van der Waals surface area contributed by atoms with Crippen LogP contribution in [0.3, 0.4) is 0 Å². The van der Waals surface area contributed by atoms with Gasteiger partial charge in [-0.1, -0.05) is 24.1 Å². The largest absolute Gasteiger partial charge is 0.789 e. The second-order valence-corrected chi connectivity index (χ2v) is 16.5. The number of aromatic amines is 1. The molecule has 7 rings (SSSR count). The number of ether oxygens (including phenoxy) is 2. The second-order valence-electron chi connectivity index (χ2n) is 10.4. The lowest BCUT2D eigenvalue weighted by atomic mass is 10.1. The molecular weight excluding hydrogens is 706 g/mol. The van der Waals surface area contributed by atoms with E-state index in [9.17, 15) is 24.5 Å². The minimum atomic E-state index is -4.14. The Balaban J connectivity index is 0.00000217. The molecule has 10 atom stereocenters. The summed E-state index contributed by atoms with van der Waals surface area (Å²) in [5.41, 5.74) is 11.4. The number of aliphatic hydroxyl groups is 2. The molecule has 3 aliphatic rings. The molecule has 0 aliphatic carbocycles. The molecule has 3 fully saturated rings. The van der Waals surface area contributed by atoms with Crippen LogP contribution in [0.1, 0.15) is 12.5 Å². The zero-order valence-corrected chi connectivity index (χ0v) is 27.5. The predicted molar refractivity (Wildman–Crippen MR) is 169 cm³/mol. The van der Waals surface area contributed by atoms with Crippen molar-refractivity contribution in [2.75, 3.05) is 24.7 Å². The van der Waals surface area contributed by atoms with Crippen molar-refractivity contribution < 1.29 is 38.2 Å². The number of nitrogens with one attached hydrogen (secondary N) is 3. The average Bonchev–Trinajstić information content (AvgIpc) is 3.72. The van der Waals surface area contributed by atoms with E-state index in [0.29, 0.717) is 0 Å². The molecule has 4 aromatic rings. The van der Waals surface area contributed by atoms with Crippen molar-refractivity contribution in [3.05, 3.63) is 29.3 Å². The highest BCUT2D eigenvalue weighted by molar-refractivity contribution is 8.45. The van der Waals surface area contributed by atoms with Crippen LogP contribution in [-0.4, -0.2) is 99.0 Å². The van der Waals surface area contributed by atoms with Gasteiger partial charge in [0.25, 0.3) is 5.56 Å². The summed E-state index contributed by atoms with van der Waals surface area (Å²) in [7, 11) is 0. The molecule has 0 aromatic carbocycles. The molecule has 15 N–H and O–H groups in total. The van der Waals surface area contributed by atoms with E-state index in [1.165, 1.54) is 28.1 Å². The van der Waals surface area contributed by atoms with E-state index in [-0.39, 0.29) is 46.4 Å². The Kier molecular flexibility index (Phi) is 9.81. The minimum Gasteiger partial charge on any atom is -0.789 e. The smallest absolute Gasteiger partial charge is 0.324 e. The van der Waals surface area contributed by atoms with Gasteiger partial charge >= 0.3 is 6.72 Å². The van der Waals surface area contributed by atoms with E-state index >= 15 is 0 Å². The molecule has 0 spiro atoms. The number of imidazole rings is 2. The van der Waals surface area contributed by atoms with Gasteiger partial charge in [0.1, 0.15) is 36.3 Å². The fourth-order valence-corrected chi connectivity index (χ4v) is 8.89. The van der Waals surface area contributed by atoms with Crippen molar-refractivity contribution in [2.45, 2.75) is 49.0 Å². The van der Waals surface area contributed by atoms with Crippen molar-refractivity contribution in [1.29, 1.82) is 0 Å². The normalized spacial score (nSPS) is 36.1. The number of aromatic nitrogens is 8. The summed E-state index contributed by atoms with van der Waals surface area (Å²) in [5.74, 6) is -0.0888. The maximum atomic E-state index is 13.5. The van der Waals surface area contributed by atoms with Crippen LogP contribution in [0, 0.1) is 0 Å². The van der Waals surface area contributed by atoms with E-state index < -0.39 is 81.1 Å². The predicted octanol–water partition coefficient (Wildman–Crippen LogP) is -2.45. The molecule has 3 saturated heterocycles. The first kappa shape index (κ1) is 35.6. The number of nitrogen functional groups attached to an aromatic ring is 2. The lowest BCUT2D eigenvalue weighted by Crippen LogP contribution is -2.48. The number of rotatable bonds is 2. The molecule has 4 aromatic heterocycles. The average molecular weight is 738 g/mol. The topological polar surface area (TPSA) is 371 Å². The third-order valence-electron chi connectivity index (χ3n) is 7.58. The van der Waals surface area contributed by atoms with Gasteiger partial charge in [-0.25, -0.2) is 25.0 Å². The second kappa shape index (κ2) is 13.0. The van der Waals surface area contributed by atoms with Gasteiger partial charge in [-0.2, -0.15) is 4.98 Å². The molecule has 3 aliphatic heterocycles. The summed E-state index contributed by atoms with van der Waals surface area (Å²) in [4.78, 5) is 48.4. The molecular formula is C20H31N14O9P2S2-. The van der Waals surface area contributed by atoms with Crippen molar-refractivity contribution >= 4 is 71.5 Å². The molecule has 258 valence electrons. The molecule has 7 heterocycles. The highest BCUT2D eigenvalue weighted by Crippen LogP contribution is 2.51. The van der Waals surface area contributed by atoms with Gasteiger partial charge in [0, 0.05) is 0 Å². The van der Waals surface area contributed by atoms with Crippen LogP contribution in [0.15, 0.2) is 23.8 Å². The molecule has 47 heavy (non-hydrogen) atoms. The zero-order chi connectivity index (χ0) is 31.8. The van der Waals surface area contributed by atoms with E-state index in [1.54, 1.807) is 0 Å². The van der Waals surface area contributed by atoms with Gasteiger partial charge in [0.2, 0.25) is 5.95 Å². The number of thiol groups is 1. The molecule has 0 saturated carbocycles. The van der Waals surface area contributed by atoms with E-state index in [4.69, 9.17) is 41.8 Å².